The Morgan fingerprint density at radius 3 is 2.37 bits per heavy atom. The standard InChI is InChI=1S/C13H16F4N2/c1-9-8-10(14)2-3-11(9)12(13(15,16)17)19-6-4-18-5-7-19/h2-3,8,12,18H,4-7H2,1H3/t12-/m1/s1. The number of hydrogen-bond acceptors (Lipinski definition) is 2. The number of aryl methyl sites for hydroxylation is 1. The molecule has 0 bridgehead atoms. The molecule has 6 heteroatoms. The fourth-order valence-electron chi connectivity index (χ4n) is 2.47. The summed E-state index contributed by atoms with van der Waals surface area (Å²) in [6.45, 7) is 3.25. The van der Waals surface area contributed by atoms with Gasteiger partial charge in [0, 0.05) is 26.2 Å². The van der Waals surface area contributed by atoms with E-state index in [0.29, 0.717) is 31.7 Å². The Morgan fingerprint density at radius 2 is 1.84 bits per heavy atom. The highest BCUT2D eigenvalue weighted by molar-refractivity contribution is 5.30. The van der Waals surface area contributed by atoms with Crippen LogP contribution in [0, 0.1) is 12.7 Å². The molecule has 1 aliphatic heterocycles. The van der Waals surface area contributed by atoms with Crippen LogP contribution in [-0.4, -0.2) is 37.3 Å². The van der Waals surface area contributed by atoms with Crippen molar-refractivity contribution >= 4 is 0 Å². The number of hydrogen-bond donors (Lipinski definition) is 1. The van der Waals surface area contributed by atoms with E-state index in [9.17, 15) is 17.6 Å². The highest BCUT2D eigenvalue weighted by Gasteiger charge is 2.45. The largest absolute Gasteiger partial charge is 0.408 e. The van der Waals surface area contributed by atoms with Crippen LogP contribution in [0.3, 0.4) is 0 Å². The van der Waals surface area contributed by atoms with Gasteiger partial charge in [-0.25, -0.2) is 4.39 Å². The molecular weight excluding hydrogens is 260 g/mol. The number of nitrogens with zero attached hydrogens (tertiary/aromatic N) is 1. The zero-order chi connectivity index (χ0) is 14.0. The number of piperazine rings is 1. The summed E-state index contributed by atoms with van der Waals surface area (Å²) in [7, 11) is 0. The molecule has 106 valence electrons. The van der Waals surface area contributed by atoms with Gasteiger partial charge in [-0.1, -0.05) is 6.07 Å². The highest BCUT2D eigenvalue weighted by Crippen LogP contribution is 2.39. The smallest absolute Gasteiger partial charge is 0.314 e. The summed E-state index contributed by atoms with van der Waals surface area (Å²) < 4.78 is 53.0. The molecule has 19 heavy (non-hydrogen) atoms. The van der Waals surface area contributed by atoms with Crippen molar-refractivity contribution in [3.8, 4) is 0 Å². The zero-order valence-electron chi connectivity index (χ0n) is 10.6. The molecule has 0 radical (unpaired) electrons. The molecule has 0 aromatic heterocycles. The van der Waals surface area contributed by atoms with Crippen LogP contribution in [0.2, 0.25) is 0 Å². The van der Waals surface area contributed by atoms with E-state index in [1.807, 2.05) is 0 Å². The molecule has 1 heterocycles. The minimum Gasteiger partial charge on any atom is -0.314 e. The lowest BCUT2D eigenvalue weighted by Crippen LogP contribution is -2.49. The molecule has 1 aromatic rings. The number of rotatable bonds is 2. The molecule has 0 aliphatic carbocycles. The van der Waals surface area contributed by atoms with Crippen LogP contribution in [0.25, 0.3) is 0 Å². The van der Waals surface area contributed by atoms with E-state index in [-0.39, 0.29) is 5.56 Å². The lowest BCUT2D eigenvalue weighted by atomic mass is 9.98. The van der Waals surface area contributed by atoms with Crippen LogP contribution >= 0.6 is 0 Å². The van der Waals surface area contributed by atoms with E-state index in [0.717, 1.165) is 12.1 Å². The van der Waals surface area contributed by atoms with Gasteiger partial charge in [0.15, 0.2) is 0 Å². The van der Waals surface area contributed by atoms with Crippen molar-refractivity contribution in [2.45, 2.75) is 19.1 Å². The predicted molar refractivity (Wildman–Crippen MR) is 64.4 cm³/mol. The maximum atomic E-state index is 13.3. The first-order valence-corrected chi connectivity index (χ1v) is 6.17. The molecule has 1 fully saturated rings. The first kappa shape index (κ1) is 14.3. The van der Waals surface area contributed by atoms with Crippen LogP contribution in [0.1, 0.15) is 17.2 Å². The molecule has 0 unspecified atom stereocenters. The zero-order valence-corrected chi connectivity index (χ0v) is 10.6. The molecule has 1 aromatic carbocycles. The summed E-state index contributed by atoms with van der Waals surface area (Å²) >= 11 is 0. The van der Waals surface area contributed by atoms with E-state index in [2.05, 4.69) is 5.32 Å². The Balaban J connectivity index is 2.36. The molecule has 1 aliphatic rings. The number of benzene rings is 1. The second-order valence-corrected chi connectivity index (χ2v) is 4.73. The summed E-state index contributed by atoms with van der Waals surface area (Å²) in [5, 5.41) is 3.03. The maximum absolute atomic E-state index is 13.3. The van der Waals surface area contributed by atoms with E-state index in [1.165, 1.54) is 17.9 Å². The average Bonchev–Trinajstić information content (AvgIpc) is 2.32. The molecule has 0 amide bonds. The topological polar surface area (TPSA) is 15.3 Å². The van der Waals surface area contributed by atoms with E-state index < -0.39 is 18.0 Å². The predicted octanol–water partition coefficient (Wildman–Crippen LogP) is 2.64. The lowest BCUT2D eigenvalue weighted by Gasteiger charge is -2.36. The summed E-state index contributed by atoms with van der Waals surface area (Å²) in [5.41, 5.74) is 0.469. The number of halogens is 4. The van der Waals surface area contributed by atoms with Crippen molar-refractivity contribution < 1.29 is 17.6 Å². The molecule has 2 nitrogen and oxygen atoms in total. The Kier molecular flexibility index (Phi) is 4.10. The first-order chi connectivity index (χ1) is 8.89. The van der Waals surface area contributed by atoms with Gasteiger partial charge in [0.05, 0.1) is 0 Å². The molecule has 1 N–H and O–H groups in total. The lowest BCUT2D eigenvalue weighted by molar-refractivity contribution is -0.188. The van der Waals surface area contributed by atoms with Crippen molar-refractivity contribution in [2.24, 2.45) is 0 Å². The molecular formula is C13H16F4N2. The van der Waals surface area contributed by atoms with Crippen LogP contribution < -0.4 is 5.32 Å². The summed E-state index contributed by atoms with van der Waals surface area (Å²) in [5.74, 6) is -0.512. The van der Waals surface area contributed by atoms with Crippen LogP contribution in [-0.2, 0) is 0 Å². The van der Waals surface area contributed by atoms with Gasteiger partial charge in [-0.3, -0.25) is 4.90 Å². The number of nitrogens with one attached hydrogen (secondary N) is 1. The van der Waals surface area contributed by atoms with Crippen molar-refractivity contribution in [3.63, 3.8) is 0 Å². The van der Waals surface area contributed by atoms with Crippen LogP contribution in [0.15, 0.2) is 18.2 Å². The second-order valence-electron chi connectivity index (χ2n) is 4.73. The molecule has 1 atom stereocenters. The van der Waals surface area contributed by atoms with Gasteiger partial charge in [0.2, 0.25) is 0 Å². The van der Waals surface area contributed by atoms with Gasteiger partial charge in [0.25, 0.3) is 0 Å². The van der Waals surface area contributed by atoms with Crippen LogP contribution in [0.5, 0.6) is 0 Å². The van der Waals surface area contributed by atoms with Crippen molar-refractivity contribution in [1.29, 1.82) is 0 Å². The van der Waals surface area contributed by atoms with E-state index >= 15 is 0 Å². The minimum atomic E-state index is -4.36. The third-order valence-electron chi connectivity index (χ3n) is 3.35. The van der Waals surface area contributed by atoms with Gasteiger partial charge in [-0.15, -0.1) is 0 Å². The highest BCUT2D eigenvalue weighted by atomic mass is 19.4. The third kappa shape index (κ3) is 3.25. The summed E-state index contributed by atoms with van der Waals surface area (Å²) in [6, 6.07) is 1.82. The van der Waals surface area contributed by atoms with E-state index in [4.69, 9.17) is 0 Å². The molecule has 1 saturated heterocycles. The second kappa shape index (κ2) is 5.46. The Hall–Kier alpha value is -1.14. The Morgan fingerprint density at radius 1 is 1.21 bits per heavy atom. The Bertz CT molecular complexity index is 439. The van der Waals surface area contributed by atoms with Gasteiger partial charge in [0.1, 0.15) is 11.9 Å². The fourth-order valence-corrected chi connectivity index (χ4v) is 2.47. The summed E-state index contributed by atoms with van der Waals surface area (Å²) in [4.78, 5) is 1.40. The molecule has 2 rings (SSSR count). The van der Waals surface area contributed by atoms with Crippen molar-refractivity contribution in [2.75, 3.05) is 26.2 Å². The molecule has 0 spiro atoms. The quantitative estimate of drug-likeness (QED) is 0.835. The third-order valence-corrected chi connectivity index (χ3v) is 3.35. The van der Waals surface area contributed by atoms with E-state index in [1.54, 1.807) is 0 Å². The number of alkyl halides is 3. The SMILES string of the molecule is Cc1cc(F)ccc1[C@@H](N1CCNCC1)C(F)(F)F. The van der Waals surface area contributed by atoms with Gasteiger partial charge in [-0.2, -0.15) is 13.2 Å². The maximum Gasteiger partial charge on any atom is 0.408 e. The average molecular weight is 276 g/mol. The van der Waals surface area contributed by atoms with Gasteiger partial charge in [-0.05, 0) is 30.2 Å². The monoisotopic (exact) mass is 276 g/mol. The van der Waals surface area contributed by atoms with Gasteiger partial charge < -0.3 is 5.32 Å². The molecule has 0 saturated carbocycles. The Labute approximate surface area is 109 Å². The fraction of sp³-hybridized carbons (Fsp3) is 0.538. The van der Waals surface area contributed by atoms with Crippen molar-refractivity contribution in [3.05, 3.63) is 35.1 Å². The first-order valence-electron chi connectivity index (χ1n) is 6.17. The minimum absolute atomic E-state index is 0.135. The van der Waals surface area contributed by atoms with Crippen LogP contribution in [0.4, 0.5) is 17.6 Å². The summed E-state index contributed by atoms with van der Waals surface area (Å²) in [6.07, 6.45) is -4.36. The normalized spacial score (nSPS) is 19.4. The van der Waals surface area contributed by atoms with Crippen molar-refractivity contribution in [1.82, 2.24) is 10.2 Å². The van der Waals surface area contributed by atoms with Gasteiger partial charge >= 0.3 is 6.18 Å².